The molecule has 3 rings (SSSR count). The van der Waals surface area contributed by atoms with E-state index < -0.39 is 21.7 Å². The van der Waals surface area contributed by atoms with Crippen LogP contribution in [0.2, 0.25) is 5.02 Å². The van der Waals surface area contributed by atoms with Gasteiger partial charge in [-0.05, 0) is 56.6 Å². The number of hydrogen-bond acceptors (Lipinski definition) is 7. The van der Waals surface area contributed by atoms with Crippen LogP contribution in [-0.4, -0.2) is 70.3 Å². The molecule has 0 atom stereocenters. The fourth-order valence-corrected chi connectivity index (χ4v) is 5.43. The molecule has 0 spiro atoms. The van der Waals surface area contributed by atoms with Crippen molar-refractivity contribution in [1.29, 1.82) is 5.41 Å². The second-order valence-corrected chi connectivity index (χ2v) is 11.1. The lowest BCUT2D eigenvalue weighted by Crippen LogP contribution is -2.36. The lowest BCUT2D eigenvalue weighted by atomic mass is 10.1. The summed E-state index contributed by atoms with van der Waals surface area (Å²) in [6.45, 7) is 3.50. The molecule has 11 heteroatoms. The van der Waals surface area contributed by atoms with Crippen LogP contribution in [-0.2, 0) is 19.6 Å². The average molecular weight is 549 g/mol. The van der Waals surface area contributed by atoms with E-state index in [1.54, 1.807) is 49.4 Å². The van der Waals surface area contributed by atoms with Crippen LogP contribution in [0.5, 0.6) is 5.75 Å². The highest BCUT2D eigenvalue weighted by atomic mass is 35.5. The summed E-state index contributed by atoms with van der Waals surface area (Å²) in [5.74, 6) is -1.22. The summed E-state index contributed by atoms with van der Waals surface area (Å²) in [6.07, 6.45) is 5.17. The molecule has 1 fully saturated rings. The van der Waals surface area contributed by atoms with Crippen molar-refractivity contribution in [2.24, 2.45) is 5.73 Å². The number of anilines is 1. The molecule has 0 aromatic heterocycles. The molecule has 0 radical (unpaired) electrons. The zero-order valence-corrected chi connectivity index (χ0v) is 22.6. The Morgan fingerprint density at radius 3 is 2.62 bits per heavy atom. The van der Waals surface area contributed by atoms with Crippen LogP contribution in [0.15, 0.2) is 48.5 Å². The third-order valence-corrected chi connectivity index (χ3v) is 7.81. The minimum absolute atomic E-state index is 0.0388. The number of sulfonamides is 1. The van der Waals surface area contributed by atoms with Gasteiger partial charge in [-0.3, -0.25) is 14.5 Å². The Labute approximate surface area is 223 Å². The van der Waals surface area contributed by atoms with E-state index in [0.29, 0.717) is 17.0 Å². The van der Waals surface area contributed by atoms with E-state index in [1.165, 1.54) is 6.07 Å². The first kappa shape index (κ1) is 28.5. The molecule has 2 aromatic carbocycles. The maximum Gasteiger partial charge on any atom is 0.323 e. The van der Waals surface area contributed by atoms with Crippen molar-refractivity contribution in [2.45, 2.75) is 25.9 Å². The average Bonchev–Trinajstić information content (AvgIpc) is 2.84. The Balaban J connectivity index is 1.84. The molecule has 1 saturated heterocycles. The number of nitrogen functional groups attached to an aromatic ring is 1. The molecular formula is C26H33ClN4O5S. The molecule has 9 nitrogen and oxygen atoms in total. The molecule has 3 N–H and O–H groups in total. The molecule has 0 bridgehead atoms. The number of nitrogens with zero attached hydrogens (tertiary/aromatic N) is 2. The smallest absolute Gasteiger partial charge is 0.323 e. The predicted octanol–water partition coefficient (Wildman–Crippen LogP) is 3.51. The fourth-order valence-electron chi connectivity index (χ4n) is 3.93. The van der Waals surface area contributed by atoms with E-state index in [2.05, 4.69) is 11.9 Å². The molecular weight excluding hydrogens is 516 g/mol. The van der Waals surface area contributed by atoms with Gasteiger partial charge in [-0.1, -0.05) is 42.0 Å². The fraction of sp³-hybridized carbons (Fsp3) is 0.385. The Bertz CT molecular complexity index is 1240. The number of rotatable bonds is 11. The van der Waals surface area contributed by atoms with Gasteiger partial charge in [-0.2, -0.15) is 0 Å². The van der Waals surface area contributed by atoms with Gasteiger partial charge in [0.15, 0.2) is 5.75 Å². The molecule has 0 saturated carbocycles. The summed E-state index contributed by atoms with van der Waals surface area (Å²) in [5.41, 5.74) is 7.16. The number of nitrogens with one attached hydrogen (secondary N) is 1. The van der Waals surface area contributed by atoms with Gasteiger partial charge < -0.3 is 20.1 Å². The van der Waals surface area contributed by atoms with Gasteiger partial charge >= 0.3 is 5.97 Å². The van der Waals surface area contributed by atoms with E-state index >= 15 is 0 Å². The SMILES string of the molecule is CCOC(=O)CS(=O)(=O)N(C/C=C/c1cccc(C(=N)N)c1)c1ccc(OC2CCN(C)CC2)c(Cl)c1. The maximum atomic E-state index is 13.2. The molecule has 200 valence electrons. The van der Waals surface area contributed by atoms with E-state index in [-0.39, 0.29) is 30.1 Å². The first-order chi connectivity index (χ1) is 17.6. The van der Waals surface area contributed by atoms with E-state index in [4.69, 9.17) is 32.2 Å². The number of esters is 1. The minimum atomic E-state index is -4.09. The predicted molar refractivity (Wildman–Crippen MR) is 147 cm³/mol. The van der Waals surface area contributed by atoms with Crippen LogP contribution in [0.25, 0.3) is 6.08 Å². The van der Waals surface area contributed by atoms with Crippen molar-refractivity contribution < 1.29 is 22.7 Å². The minimum Gasteiger partial charge on any atom is -0.489 e. The summed E-state index contributed by atoms with van der Waals surface area (Å²) in [7, 11) is -2.02. The summed E-state index contributed by atoms with van der Waals surface area (Å²) in [6, 6.07) is 11.8. The van der Waals surface area contributed by atoms with Gasteiger partial charge in [0, 0.05) is 18.7 Å². The Hall–Kier alpha value is -3.08. The lowest BCUT2D eigenvalue weighted by molar-refractivity contribution is -0.139. The molecule has 1 heterocycles. The number of halogens is 1. The summed E-state index contributed by atoms with van der Waals surface area (Å²) in [4.78, 5) is 14.3. The van der Waals surface area contributed by atoms with E-state index in [0.717, 1.165) is 35.8 Å². The Morgan fingerprint density at radius 2 is 1.97 bits per heavy atom. The number of carbonyl (C=O) groups excluding carboxylic acids is 1. The van der Waals surface area contributed by atoms with Crippen LogP contribution in [0.3, 0.4) is 0 Å². The first-order valence-electron chi connectivity index (χ1n) is 12.0. The molecule has 1 aliphatic heterocycles. The molecule has 1 aliphatic rings. The number of likely N-dealkylation sites (tertiary alicyclic amines) is 1. The van der Waals surface area contributed by atoms with Crippen LogP contribution in [0.4, 0.5) is 5.69 Å². The topological polar surface area (TPSA) is 126 Å². The third kappa shape index (κ3) is 8.21. The van der Waals surface area contributed by atoms with Gasteiger partial charge in [0.05, 0.1) is 23.9 Å². The largest absolute Gasteiger partial charge is 0.489 e. The van der Waals surface area contributed by atoms with Crippen LogP contribution >= 0.6 is 11.6 Å². The van der Waals surface area contributed by atoms with Crippen molar-refractivity contribution in [1.82, 2.24) is 4.90 Å². The number of nitrogens with two attached hydrogens (primary N) is 1. The molecule has 2 aromatic rings. The normalized spacial score (nSPS) is 15.0. The number of hydrogen-bond donors (Lipinski definition) is 2. The third-order valence-electron chi connectivity index (χ3n) is 5.88. The highest BCUT2D eigenvalue weighted by Crippen LogP contribution is 2.32. The second kappa shape index (κ2) is 12.9. The van der Waals surface area contributed by atoms with Gasteiger partial charge in [0.2, 0.25) is 10.0 Å². The zero-order chi connectivity index (χ0) is 27.0. The van der Waals surface area contributed by atoms with Crippen molar-refractivity contribution >= 4 is 45.2 Å². The summed E-state index contributed by atoms with van der Waals surface area (Å²) in [5, 5.41) is 7.88. The van der Waals surface area contributed by atoms with Crippen LogP contribution < -0.4 is 14.8 Å². The number of benzene rings is 2. The highest BCUT2D eigenvalue weighted by Gasteiger charge is 2.27. The van der Waals surface area contributed by atoms with Gasteiger partial charge in [-0.25, -0.2) is 8.42 Å². The standard InChI is InChI=1S/C26H33ClN4O5S/c1-3-35-25(32)18-37(33,34)31(13-5-7-19-6-4-8-20(16-19)26(28)29)21-9-10-24(23(27)17-21)36-22-11-14-30(2)15-12-22/h4-10,16-17,22H,3,11-15,18H2,1-2H3,(H3,28,29)/b7-5+. The van der Waals surface area contributed by atoms with Crippen LogP contribution in [0, 0.1) is 5.41 Å². The quantitative estimate of drug-likeness (QED) is 0.250. The Morgan fingerprint density at radius 1 is 1.24 bits per heavy atom. The molecule has 0 unspecified atom stereocenters. The monoisotopic (exact) mass is 548 g/mol. The Kier molecular flexibility index (Phi) is 9.96. The van der Waals surface area contributed by atoms with Gasteiger partial charge in [0.1, 0.15) is 17.7 Å². The van der Waals surface area contributed by atoms with Gasteiger partial charge in [0.25, 0.3) is 0 Å². The van der Waals surface area contributed by atoms with E-state index in [9.17, 15) is 13.2 Å². The van der Waals surface area contributed by atoms with Crippen molar-refractivity contribution in [3.05, 3.63) is 64.7 Å². The van der Waals surface area contributed by atoms with Crippen molar-refractivity contribution in [2.75, 3.05) is 43.3 Å². The van der Waals surface area contributed by atoms with Crippen molar-refractivity contribution in [3.8, 4) is 5.75 Å². The van der Waals surface area contributed by atoms with E-state index in [1.807, 2.05) is 6.07 Å². The summed E-state index contributed by atoms with van der Waals surface area (Å²) < 4.78 is 38.5. The number of amidine groups is 1. The number of piperidine rings is 1. The molecule has 0 amide bonds. The molecule has 37 heavy (non-hydrogen) atoms. The highest BCUT2D eigenvalue weighted by molar-refractivity contribution is 7.93. The maximum absolute atomic E-state index is 13.2. The van der Waals surface area contributed by atoms with Gasteiger partial charge in [-0.15, -0.1) is 0 Å². The van der Waals surface area contributed by atoms with Crippen LogP contribution in [0.1, 0.15) is 30.9 Å². The number of ether oxygens (including phenoxy) is 2. The second-order valence-electron chi connectivity index (χ2n) is 8.77. The molecule has 0 aliphatic carbocycles. The number of carbonyl (C=O) groups is 1. The first-order valence-corrected chi connectivity index (χ1v) is 14.0. The lowest BCUT2D eigenvalue weighted by Gasteiger charge is -2.30. The van der Waals surface area contributed by atoms with Crippen molar-refractivity contribution in [3.63, 3.8) is 0 Å². The zero-order valence-electron chi connectivity index (χ0n) is 21.0. The summed E-state index contributed by atoms with van der Waals surface area (Å²) >= 11 is 6.51.